The first kappa shape index (κ1) is 18.9. The lowest BCUT2D eigenvalue weighted by Gasteiger charge is -2.11. The zero-order chi connectivity index (χ0) is 19.2. The number of ether oxygens (including phenoxy) is 3. The van der Waals surface area contributed by atoms with Gasteiger partial charge in [0, 0.05) is 10.0 Å². The fourth-order valence-electron chi connectivity index (χ4n) is 2.43. The molecule has 27 heavy (non-hydrogen) atoms. The van der Waals surface area contributed by atoms with Crippen LogP contribution >= 0.6 is 15.9 Å². The predicted molar refractivity (Wildman–Crippen MR) is 108 cm³/mol. The van der Waals surface area contributed by atoms with E-state index in [4.69, 9.17) is 14.2 Å². The van der Waals surface area contributed by atoms with Crippen LogP contribution in [0.15, 0.2) is 70.3 Å². The second-order valence-corrected chi connectivity index (χ2v) is 6.50. The van der Waals surface area contributed by atoms with Crippen LogP contribution in [0.25, 0.3) is 6.08 Å². The van der Waals surface area contributed by atoms with Gasteiger partial charge in [-0.25, -0.2) is 9.79 Å². The molecule has 0 aromatic heterocycles. The lowest BCUT2D eigenvalue weighted by molar-refractivity contribution is -0.129. The van der Waals surface area contributed by atoms with Gasteiger partial charge in [-0.2, -0.15) is 0 Å². The van der Waals surface area contributed by atoms with Crippen molar-refractivity contribution in [2.45, 2.75) is 6.92 Å². The fourth-order valence-corrected chi connectivity index (χ4v) is 2.70. The van der Waals surface area contributed by atoms with Crippen molar-refractivity contribution in [2.75, 3.05) is 13.2 Å². The van der Waals surface area contributed by atoms with Gasteiger partial charge in [0.15, 0.2) is 17.2 Å². The number of carbonyl (C=O) groups excluding carboxylic acids is 1. The van der Waals surface area contributed by atoms with Gasteiger partial charge in [-0.15, -0.1) is 0 Å². The Hall–Kier alpha value is -2.86. The third-order valence-electron chi connectivity index (χ3n) is 3.64. The zero-order valence-electron chi connectivity index (χ0n) is 14.8. The van der Waals surface area contributed by atoms with Crippen LogP contribution in [0.1, 0.15) is 18.1 Å². The maximum atomic E-state index is 12.2. The summed E-state index contributed by atoms with van der Waals surface area (Å²) < 4.78 is 17.4. The molecular weight excluding hydrogens is 410 g/mol. The van der Waals surface area contributed by atoms with Crippen LogP contribution in [-0.2, 0) is 9.53 Å². The van der Waals surface area contributed by atoms with Gasteiger partial charge in [-0.1, -0.05) is 34.7 Å². The molecule has 0 bridgehead atoms. The highest BCUT2D eigenvalue weighted by molar-refractivity contribution is 9.10. The summed E-state index contributed by atoms with van der Waals surface area (Å²) in [7, 11) is 0. The molecule has 0 fully saturated rings. The highest BCUT2D eigenvalue weighted by Gasteiger charge is 2.24. The van der Waals surface area contributed by atoms with Crippen LogP contribution in [0.2, 0.25) is 0 Å². The van der Waals surface area contributed by atoms with Gasteiger partial charge in [0.25, 0.3) is 0 Å². The molecule has 0 unspecified atom stereocenters. The average Bonchev–Trinajstić information content (AvgIpc) is 3.02. The van der Waals surface area contributed by atoms with E-state index in [0.717, 1.165) is 15.6 Å². The van der Waals surface area contributed by atoms with Gasteiger partial charge in [0.2, 0.25) is 5.90 Å². The molecule has 2 aromatic rings. The first-order valence-corrected chi connectivity index (χ1v) is 9.19. The van der Waals surface area contributed by atoms with E-state index in [1.165, 1.54) is 0 Å². The van der Waals surface area contributed by atoms with Gasteiger partial charge in [0.05, 0.1) is 6.61 Å². The van der Waals surface area contributed by atoms with E-state index in [0.29, 0.717) is 24.7 Å². The Morgan fingerprint density at radius 3 is 2.63 bits per heavy atom. The largest absolute Gasteiger partial charge is 0.490 e. The molecule has 1 heterocycles. The van der Waals surface area contributed by atoms with E-state index >= 15 is 0 Å². The number of rotatable bonds is 7. The van der Waals surface area contributed by atoms with Crippen LogP contribution in [0.4, 0.5) is 0 Å². The molecule has 1 aliphatic rings. The van der Waals surface area contributed by atoms with Crippen molar-refractivity contribution in [3.63, 3.8) is 0 Å². The predicted octanol–water partition coefficient (Wildman–Crippen LogP) is 4.76. The van der Waals surface area contributed by atoms with E-state index in [2.05, 4.69) is 27.5 Å². The zero-order valence-corrected chi connectivity index (χ0v) is 16.4. The van der Waals surface area contributed by atoms with E-state index in [-0.39, 0.29) is 11.6 Å². The number of halogens is 1. The minimum Gasteiger partial charge on any atom is -0.490 e. The number of carbonyl (C=O) groups is 1. The Kier molecular flexibility index (Phi) is 6.08. The topological polar surface area (TPSA) is 57.1 Å². The second kappa shape index (κ2) is 8.68. The number of aliphatic imine (C=N–C) groups is 1. The molecule has 0 amide bonds. The molecule has 6 heteroatoms. The molecule has 2 aromatic carbocycles. The number of cyclic esters (lactones) is 1. The lowest BCUT2D eigenvalue weighted by atomic mass is 10.1. The molecule has 0 radical (unpaired) electrons. The van der Waals surface area contributed by atoms with Crippen molar-refractivity contribution in [3.05, 3.63) is 76.4 Å². The molecule has 0 atom stereocenters. The van der Waals surface area contributed by atoms with E-state index in [9.17, 15) is 4.79 Å². The molecule has 0 saturated heterocycles. The van der Waals surface area contributed by atoms with E-state index in [1.807, 2.05) is 37.3 Å². The number of hydrogen-bond acceptors (Lipinski definition) is 5. The number of esters is 1. The summed E-state index contributed by atoms with van der Waals surface area (Å²) in [6.45, 7) is 6.41. The summed E-state index contributed by atoms with van der Waals surface area (Å²) in [6, 6.07) is 12.8. The van der Waals surface area contributed by atoms with Gasteiger partial charge in [0.1, 0.15) is 6.61 Å². The quantitative estimate of drug-likeness (QED) is 0.363. The molecular formula is C21H18BrNO4. The number of benzene rings is 2. The second-order valence-electron chi connectivity index (χ2n) is 5.58. The lowest BCUT2D eigenvalue weighted by Crippen LogP contribution is -2.05. The van der Waals surface area contributed by atoms with E-state index in [1.54, 1.807) is 24.3 Å². The summed E-state index contributed by atoms with van der Waals surface area (Å²) in [5.74, 6) is 1.01. The van der Waals surface area contributed by atoms with Crippen molar-refractivity contribution in [3.8, 4) is 11.5 Å². The van der Waals surface area contributed by atoms with E-state index < -0.39 is 5.97 Å². The normalized spacial score (nSPS) is 14.7. The molecule has 5 nitrogen and oxygen atoms in total. The van der Waals surface area contributed by atoms with Gasteiger partial charge >= 0.3 is 5.97 Å². The Bertz CT molecular complexity index is 916. The summed E-state index contributed by atoms with van der Waals surface area (Å²) in [4.78, 5) is 16.5. The summed E-state index contributed by atoms with van der Waals surface area (Å²) in [5.41, 5.74) is 1.73. The average molecular weight is 428 g/mol. The van der Waals surface area contributed by atoms with Gasteiger partial charge in [-0.3, -0.25) is 0 Å². The minimum atomic E-state index is -0.488. The third-order valence-corrected chi connectivity index (χ3v) is 4.17. The van der Waals surface area contributed by atoms with Crippen LogP contribution < -0.4 is 9.47 Å². The minimum absolute atomic E-state index is 0.232. The van der Waals surface area contributed by atoms with Crippen LogP contribution in [-0.4, -0.2) is 25.1 Å². The Morgan fingerprint density at radius 2 is 1.93 bits per heavy atom. The van der Waals surface area contributed by atoms with Crippen molar-refractivity contribution in [2.24, 2.45) is 4.99 Å². The van der Waals surface area contributed by atoms with Crippen LogP contribution in [0.3, 0.4) is 0 Å². The molecule has 0 spiro atoms. The Morgan fingerprint density at radius 1 is 1.15 bits per heavy atom. The molecule has 0 saturated carbocycles. The highest BCUT2D eigenvalue weighted by atomic mass is 79.9. The van der Waals surface area contributed by atoms with Crippen molar-refractivity contribution < 1.29 is 19.0 Å². The van der Waals surface area contributed by atoms with Crippen LogP contribution in [0, 0.1) is 0 Å². The van der Waals surface area contributed by atoms with Crippen LogP contribution in [0.5, 0.6) is 11.5 Å². The SMILES string of the molecule is C=CCOc1ccc(/C=C2/N=C(c3ccc(Br)cc3)OC2=O)cc1OCC. The molecule has 0 aliphatic carbocycles. The Labute approximate surface area is 166 Å². The monoisotopic (exact) mass is 427 g/mol. The first-order valence-electron chi connectivity index (χ1n) is 8.39. The third kappa shape index (κ3) is 4.65. The highest BCUT2D eigenvalue weighted by Crippen LogP contribution is 2.30. The molecule has 3 rings (SSSR count). The summed E-state index contributed by atoms with van der Waals surface area (Å²) >= 11 is 3.38. The molecule has 138 valence electrons. The maximum absolute atomic E-state index is 12.2. The number of hydrogen-bond donors (Lipinski definition) is 0. The number of nitrogens with zero attached hydrogens (tertiary/aromatic N) is 1. The Balaban J connectivity index is 1.88. The first-order chi connectivity index (χ1) is 13.1. The molecule has 0 N–H and O–H groups in total. The summed E-state index contributed by atoms with van der Waals surface area (Å²) in [6.07, 6.45) is 3.33. The smallest absolute Gasteiger partial charge is 0.363 e. The van der Waals surface area contributed by atoms with Crippen molar-refractivity contribution >= 4 is 33.9 Å². The standard InChI is InChI=1S/C21H18BrNO4/c1-3-11-26-18-10-5-14(13-19(18)25-4-2)12-17-21(24)27-20(23-17)15-6-8-16(22)9-7-15/h3,5-10,12-13H,1,4,11H2,2H3/b17-12+. The maximum Gasteiger partial charge on any atom is 0.363 e. The summed E-state index contributed by atoms with van der Waals surface area (Å²) in [5, 5.41) is 0. The van der Waals surface area contributed by atoms with Gasteiger partial charge < -0.3 is 14.2 Å². The van der Waals surface area contributed by atoms with Gasteiger partial charge in [-0.05, 0) is 55.0 Å². The van der Waals surface area contributed by atoms with Crippen molar-refractivity contribution in [1.82, 2.24) is 0 Å². The van der Waals surface area contributed by atoms with Crippen molar-refractivity contribution in [1.29, 1.82) is 0 Å². The fraction of sp³-hybridized carbons (Fsp3) is 0.143. The molecule has 1 aliphatic heterocycles.